The van der Waals surface area contributed by atoms with Crippen LogP contribution in [0, 0.1) is 16.0 Å². The van der Waals surface area contributed by atoms with E-state index in [4.69, 9.17) is 4.74 Å². The van der Waals surface area contributed by atoms with E-state index in [1.165, 1.54) is 16.4 Å². The summed E-state index contributed by atoms with van der Waals surface area (Å²) in [7, 11) is -3.70. The summed E-state index contributed by atoms with van der Waals surface area (Å²) in [5, 5.41) is 15.0. The van der Waals surface area contributed by atoms with Gasteiger partial charge in [0.2, 0.25) is 10.0 Å². The molecule has 3 fully saturated rings. The van der Waals surface area contributed by atoms with Crippen LogP contribution in [-0.2, 0) is 14.8 Å². The number of fused-ring (bicyclic) bond motifs is 1. The maximum absolute atomic E-state index is 12.9. The van der Waals surface area contributed by atoms with Crippen molar-refractivity contribution in [2.24, 2.45) is 5.92 Å². The van der Waals surface area contributed by atoms with E-state index in [1.807, 2.05) is 0 Å². The van der Waals surface area contributed by atoms with Gasteiger partial charge in [0.25, 0.3) is 5.69 Å². The molecule has 0 amide bonds. The van der Waals surface area contributed by atoms with Crippen LogP contribution in [0.2, 0.25) is 0 Å². The minimum absolute atomic E-state index is 0.00243. The largest absolute Gasteiger partial charge is 0.378 e. The summed E-state index contributed by atoms with van der Waals surface area (Å²) in [6.07, 6.45) is 6.85. The third kappa shape index (κ3) is 3.75. The lowest BCUT2D eigenvalue weighted by Gasteiger charge is -2.33. The van der Waals surface area contributed by atoms with E-state index in [2.05, 4.69) is 5.32 Å². The number of nitro benzene ring substituents is 1. The maximum atomic E-state index is 12.9. The van der Waals surface area contributed by atoms with Crippen LogP contribution >= 0.6 is 0 Å². The summed E-state index contributed by atoms with van der Waals surface area (Å²) in [6.45, 7) is 1.69. The van der Waals surface area contributed by atoms with E-state index in [9.17, 15) is 18.5 Å². The quantitative estimate of drug-likeness (QED) is 0.592. The van der Waals surface area contributed by atoms with Crippen LogP contribution in [0.1, 0.15) is 44.9 Å². The van der Waals surface area contributed by atoms with Crippen molar-refractivity contribution in [3.05, 3.63) is 28.3 Å². The van der Waals surface area contributed by atoms with Crippen molar-refractivity contribution in [1.82, 2.24) is 4.31 Å². The summed E-state index contributed by atoms with van der Waals surface area (Å²) in [5.74, 6) is 0.352. The van der Waals surface area contributed by atoms with E-state index in [1.54, 1.807) is 6.07 Å². The molecule has 3 unspecified atom stereocenters. The summed E-state index contributed by atoms with van der Waals surface area (Å²) < 4.78 is 33.0. The number of anilines is 1. The predicted molar refractivity (Wildman–Crippen MR) is 105 cm³/mol. The van der Waals surface area contributed by atoms with Crippen molar-refractivity contribution < 1.29 is 18.1 Å². The number of nitro groups is 1. The second kappa shape index (κ2) is 7.96. The van der Waals surface area contributed by atoms with E-state index < -0.39 is 14.9 Å². The number of rotatable bonds is 5. The molecule has 0 radical (unpaired) electrons. The van der Waals surface area contributed by atoms with Crippen LogP contribution in [0.25, 0.3) is 0 Å². The van der Waals surface area contributed by atoms with Gasteiger partial charge < -0.3 is 10.1 Å². The van der Waals surface area contributed by atoms with E-state index >= 15 is 0 Å². The molecule has 3 aliphatic rings. The SMILES string of the molecule is O=[N+]([O-])c1cc(S(=O)(=O)N2CCCCC2)ccc1NC1CCCC2OCCC12. The average molecular weight is 410 g/mol. The fourth-order valence-electron chi connectivity index (χ4n) is 4.75. The highest BCUT2D eigenvalue weighted by atomic mass is 32.2. The smallest absolute Gasteiger partial charge is 0.293 e. The Morgan fingerprint density at radius 1 is 1.11 bits per heavy atom. The molecule has 1 N–H and O–H groups in total. The molecular formula is C19H27N3O5S. The van der Waals surface area contributed by atoms with Gasteiger partial charge in [0, 0.05) is 37.7 Å². The lowest BCUT2D eigenvalue weighted by atomic mass is 9.81. The molecule has 28 heavy (non-hydrogen) atoms. The van der Waals surface area contributed by atoms with Crippen molar-refractivity contribution in [1.29, 1.82) is 0 Å². The Morgan fingerprint density at radius 3 is 2.64 bits per heavy atom. The Labute approximate surface area is 165 Å². The van der Waals surface area contributed by atoms with E-state index in [0.717, 1.165) is 51.6 Å². The van der Waals surface area contributed by atoms with Gasteiger partial charge >= 0.3 is 0 Å². The van der Waals surface area contributed by atoms with Crippen LogP contribution in [0.3, 0.4) is 0 Å². The normalized spacial score (nSPS) is 28.6. The van der Waals surface area contributed by atoms with E-state index in [-0.39, 0.29) is 22.7 Å². The molecule has 0 bridgehead atoms. The second-order valence-electron chi connectivity index (χ2n) is 7.94. The van der Waals surface area contributed by atoms with Gasteiger partial charge in [0.1, 0.15) is 5.69 Å². The van der Waals surface area contributed by atoms with Crippen molar-refractivity contribution >= 4 is 21.4 Å². The van der Waals surface area contributed by atoms with Crippen LogP contribution in [0.5, 0.6) is 0 Å². The molecule has 4 rings (SSSR count). The molecule has 2 saturated heterocycles. The van der Waals surface area contributed by atoms with Crippen molar-refractivity contribution in [2.45, 2.75) is 62.0 Å². The number of ether oxygens (including phenoxy) is 1. The number of sulfonamides is 1. The Kier molecular flexibility index (Phi) is 5.57. The number of hydrogen-bond acceptors (Lipinski definition) is 6. The van der Waals surface area contributed by atoms with Gasteiger partial charge in [-0.15, -0.1) is 0 Å². The van der Waals surface area contributed by atoms with Crippen LogP contribution in [0.15, 0.2) is 23.1 Å². The first kappa shape index (κ1) is 19.6. The van der Waals surface area contributed by atoms with Crippen LogP contribution in [0.4, 0.5) is 11.4 Å². The van der Waals surface area contributed by atoms with Gasteiger partial charge in [0.05, 0.1) is 15.9 Å². The van der Waals surface area contributed by atoms with Crippen LogP contribution < -0.4 is 5.32 Å². The molecule has 2 heterocycles. The van der Waals surface area contributed by atoms with Crippen molar-refractivity contribution in [3.8, 4) is 0 Å². The Morgan fingerprint density at radius 2 is 1.89 bits per heavy atom. The molecule has 0 spiro atoms. The standard InChI is InChI=1S/C19H27N3O5S/c23-22(24)18-13-14(28(25,26)21-10-2-1-3-11-21)7-8-17(18)20-16-5-4-6-19-15(16)9-12-27-19/h7-8,13,15-16,19-20H,1-6,9-12H2. The number of nitrogens with zero attached hydrogens (tertiary/aromatic N) is 2. The van der Waals surface area contributed by atoms with Gasteiger partial charge in [-0.2, -0.15) is 4.31 Å². The first-order valence-electron chi connectivity index (χ1n) is 10.1. The lowest BCUT2D eigenvalue weighted by molar-refractivity contribution is -0.384. The minimum Gasteiger partial charge on any atom is -0.378 e. The summed E-state index contributed by atoms with van der Waals surface area (Å²) in [5.41, 5.74) is 0.208. The zero-order valence-corrected chi connectivity index (χ0v) is 16.7. The molecule has 2 aliphatic heterocycles. The molecule has 3 atom stereocenters. The van der Waals surface area contributed by atoms with Crippen LogP contribution in [-0.4, -0.2) is 49.5 Å². The minimum atomic E-state index is -3.70. The monoisotopic (exact) mass is 409 g/mol. The Bertz CT molecular complexity index is 838. The van der Waals surface area contributed by atoms with Crippen molar-refractivity contribution in [2.75, 3.05) is 25.0 Å². The number of nitrogens with one attached hydrogen (secondary N) is 1. The number of benzene rings is 1. The molecule has 1 saturated carbocycles. The number of hydrogen-bond donors (Lipinski definition) is 1. The molecular weight excluding hydrogens is 382 g/mol. The number of piperidine rings is 1. The second-order valence-corrected chi connectivity index (χ2v) is 9.88. The van der Waals surface area contributed by atoms with E-state index in [0.29, 0.717) is 24.7 Å². The molecule has 9 heteroatoms. The molecule has 1 aliphatic carbocycles. The molecule has 1 aromatic rings. The summed E-state index contributed by atoms with van der Waals surface area (Å²) >= 11 is 0. The average Bonchev–Trinajstić information content (AvgIpc) is 3.18. The van der Waals surface area contributed by atoms with Gasteiger partial charge in [-0.25, -0.2) is 8.42 Å². The van der Waals surface area contributed by atoms with Crippen molar-refractivity contribution in [3.63, 3.8) is 0 Å². The molecule has 0 aromatic heterocycles. The Hall–Kier alpha value is -1.71. The third-order valence-electron chi connectivity index (χ3n) is 6.24. The zero-order chi connectivity index (χ0) is 19.7. The summed E-state index contributed by atoms with van der Waals surface area (Å²) in [4.78, 5) is 11.2. The highest BCUT2D eigenvalue weighted by Crippen LogP contribution is 2.38. The fraction of sp³-hybridized carbons (Fsp3) is 0.684. The third-order valence-corrected chi connectivity index (χ3v) is 8.14. The summed E-state index contributed by atoms with van der Waals surface area (Å²) in [6, 6.07) is 4.36. The van der Waals surface area contributed by atoms with Gasteiger partial charge in [0.15, 0.2) is 0 Å². The molecule has 154 valence electrons. The van der Waals surface area contributed by atoms with Gasteiger partial charge in [-0.3, -0.25) is 10.1 Å². The van der Waals surface area contributed by atoms with Gasteiger partial charge in [-0.1, -0.05) is 6.42 Å². The Balaban J connectivity index is 1.59. The molecule has 8 nitrogen and oxygen atoms in total. The predicted octanol–water partition coefficient (Wildman–Crippen LogP) is 3.14. The zero-order valence-electron chi connectivity index (χ0n) is 15.9. The first-order chi connectivity index (χ1) is 13.5. The molecule has 1 aromatic carbocycles. The fourth-order valence-corrected chi connectivity index (χ4v) is 6.29. The topological polar surface area (TPSA) is 102 Å². The lowest BCUT2D eigenvalue weighted by Crippen LogP contribution is -2.38. The highest BCUT2D eigenvalue weighted by Gasteiger charge is 2.38. The maximum Gasteiger partial charge on any atom is 0.293 e. The van der Waals surface area contributed by atoms with Gasteiger partial charge in [-0.05, 0) is 50.7 Å². The highest BCUT2D eigenvalue weighted by molar-refractivity contribution is 7.89. The first-order valence-corrected chi connectivity index (χ1v) is 11.6.